The molecule has 1 aromatic carbocycles. The topological polar surface area (TPSA) is 18.5 Å². The van der Waals surface area contributed by atoms with Crippen molar-refractivity contribution in [2.75, 3.05) is 51.2 Å². The SMILES string of the molecule is CNCCCCCN1CCN(c2ccccc2F)CC1. The second-order valence-electron chi connectivity index (χ2n) is 5.44. The summed E-state index contributed by atoms with van der Waals surface area (Å²) in [6.45, 7) is 6.23. The fraction of sp³-hybridized carbons (Fsp3) is 0.625. The second-order valence-corrected chi connectivity index (χ2v) is 5.44. The number of hydrogen-bond acceptors (Lipinski definition) is 3. The summed E-state index contributed by atoms with van der Waals surface area (Å²) in [5, 5.41) is 3.18. The third-order valence-electron chi connectivity index (χ3n) is 3.97. The Kier molecular flexibility index (Phi) is 6.27. The van der Waals surface area contributed by atoms with Crippen LogP contribution in [-0.2, 0) is 0 Å². The van der Waals surface area contributed by atoms with E-state index in [1.54, 1.807) is 12.1 Å². The lowest BCUT2D eigenvalue weighted by Gasteiger charge is -2.36. The minimum absolute atomic E-state index is 0.104. The fourth-order valence-electron chi connectivity index (χ4n) is 2.73. The zero-order valence-electron chi connectivity index (χ0n) is 12.4. The maximum Gasteiger partial charge on any atom is 0.146 e. The first-order chi connectivity index (χ1) is 9.81. The number of halogens is 1. The fourth-order valence-corrected chi connectivity index (χ4v) is 2.73. The van der Waals surface area contributed by atoms with Crippen molar-refractivity contribution in [3.05, 3.63) is 30.1 Å². The molecule has 3 nitrogen and oxygen atoms in total. The lowest BCUT2D eigenvalue weighted by molar-refractivity contribution is 0.251. The number of para-hydroxylation sites is 1. The van der Waals surface area contributed by atoms with Gasteiger partial charge in [-0.3, -0.25) is 4.90 Å². The molecule has 0 amide bonds. The molecule has 1 fully saturated rings. The summed E-state index contributed by atoms with van der Waals surface area (Å²) in [4.78, 5) is 4.66. The Bertz CT molecular complexity index is 389. The van der Waals surface area contributed by atoms with Gasteiger partial charge in [0.15, 0.2) is 0 Å². The molecule has 4 heteroatoms. The van der Waals surface area contributed by atoms with Crippen LogP contribution in [0.25, 0.3) is 0 Å². The van der Waals surface area contributed by atoms with Gasteiger partial charge >= 0.3 is 0 Å². The molecule has 1 aromatic rings. The van der Waals surface area contributed by atoms with Crippen LogP contribution in [0.1, 0.15) is 19.3 Å². The van der Waals surface area contributed by atoms with Crippen LogP contribution in [0.3, 0.4) is 0 Å². The molecule has 0 aliphatic carbocycles. The van der Waals surface area contributed by atoms with E-state index in [-0.39, 0.29) is 5.82 Å². The maximum absolute atomic E-state index is 13.7. The van der Waals surface area contributed by atoms with Gasteiger partial charge in [-0.05, 0) is 45.1 Å². The number of unbranched alkanes of at least 4 members (excludes halogenated alkanes) is 2. The molecule has 0 unspecified atom stereocenters. The molecule has 0 spiro atoms. The summed E-state index contributed by atoms with van der Waals surface area (Å²) >= 11 is 0. The van der Waals surface area contributed by atoms with Crippen molar-refractivity contribution in [3.63, 3.8) is 0 Å². The molecule has 1 N–H and O–H groups in total. The van der Waals surface area contributed by atoms with Crippen molar-refractivity contribution in [1.82, 2.24) is 10.2 Å². The molecule has 20 heavy (non-hydrogen) atoms. The first-order valence-corrected chi connectivity index (χ1v) is 7.67. The Morgan fingerprint density at radius 2 is 1.80 bits per heavy atom. The van der Waals surface area contributed by atoms with Gasteiger partial charge in [-0.2, -0.15) is 0 Å². The van der Waals surface area contributed by atoms with E-state index in [1.807, 2.05) is 19.2 Å². The molecule has 0 atom stereocenters. The third kappa shape index (κ3) is 4.46. The van der Waals surface area contributed by atoms with Crippen LogP contribution in [0.15, 0.2) is 24.3 Å². The first-order valence-electron chi connectivity index (χ1n) is 7.67. The van der Waals surface area contributed by atoms with Crippen LogP contribution in [0, 0.1) is 5.82 Å². The highest BCUT2D eigenvalue weighted by atomic mass is 19.1. The minimum atomic E-state index is -0.104. The Labute approximate surface area is 121 Å². The molecule has 1 saturated heterocycles. The molecule has 0 radical (unpaired) electrons. The zero-order chi connectivity index (χ0) is 14.2. The summed E-state index contributed by atoms with van der Waals surface area (Å²) < 4.78 is 13.7. The third-order valence-corrected chi connectivity index (χ3v) is 3.97. The van der Waals surface area contributed by atoms with E-state index >= 15 is 0 Å². The average Bonchev–Trinajstić information content (AvgIpc) is 2.48. The molecule has 0 saturated carbocycles. The van der Waals surface area contributed by atoms with Gasteiger partial charge < -0.3 is 10.2 Å². The van der Waals surface area contributed by atoms with Crippen LogP contribution < -0.4 is 10.2 Å². The Balaban J connectivity index is 1.69. The number of anilines is 1. The Morgan fingerprint density at radius 3 is 2.50 bits per heavy atom. The van der Waals surface area contributed by atoms with Gasteiger partial charge in [0, 0.05) is 26.2 Å². The summed E-state index contributed by atoms with van der Waals surface area (Å²) in [7, 11) is 2.00. The normalized spacial score (nSPS) is 16.6. The predicted molar refractivity (Wildman–Crippen MR) is 82.8 cm³/mol. The summed E-state index contributed by atoms with van der Waals surface area (Å²) in [5.74, 6) is -0.104. The zero-order valence-corrected chi connectivity index (χ0v) is 12.4. The Hall–Kier alpha value is -1.13. The van der Waals surface area contributed by atoms with E-state index in [4.69, 9.17) is 0 Å². The summed E-state index contributed by atoms with van der Waals surface area (Å²) in [6.07, 6.45) is 3.81. The van der Waals surface area contributed by atoms with E-state index in [9.17, 15) is 4.39 Å². The predicted octanol–water partition coefficient (Wildman–Crippen LogP) is 2.34. The molecular formula is C16H26FN3. The smallest absolute Gasteiger partial charge is 0.146 e. The van der Waals surface area contributed by atoms with Crippen molar-refractivity contribution in [3.8, 4) is 0 Å². The highest BCUT2D eigenvalue weighted by molar-refractivity contribution is 5.47. The first kappa shape index (κ1) is 15.3. The minimum Gasteiger partial charge on any atom is -0.367 e. The molecular weight excluding hydrogens is 253 g/mol. The largest absolute Gasteiger partial charge is 0.367 e. The molecule has 112 valence electrons. The van der Waals surface area contributed by atoms with Gasteiger partial charge in [0.1, 0.15) is 5.82 Å². The number of benzene rings is 1. The van der Waals surface area contributed by atoms with Gasteiger partial charge in [-0.15, -0.1) is 0 Å². The van der Waals surface area contributed by atoms with E-state index in [0.29, 0.717) is 0 Å². The lowest BCUT2D eigenvalue weighted by atomic mass is 10.2. The molecule has 0 bridgehead atoms. The molecule has 1 aliphatic heterocycles. The van der Waals surface area contributed by atoms with Crippen molar-refractivity contribution >= 4 is 5.69 Å². The molecule has 2 rings (SSSR count). The van der Waals surface area contributed by atoms with E-state index in [1.165, 1.54) is 25.8 Å². The van der Waals surface area contributed by atoms with Crippen LogP contribution in [0.2, 0.25) is 0 Å². The second kappa shape index (κ2) is 8.22. The van der Waals surface area contributed by atoms with E-state index in [0.717, 1.165) is 38.4 Å². The average molecular weight is 279 g/mol. The quantitative estimate of drug-likeness (QED) is 0.773. The number of nitrogens with one attached hydrogen (secondary N) is 1. The summed E-state index contributed by atoms with van der Waals surface area (Å²) in [5.41, 5.74) is 0.751. The van der Waals surface area contributed by atoms with Crippen LogP contribution >= 0.6 is 0 Å². The molecule has 1 aliphatic rings. The number of hydrogen-bond donors (Lipinski definition) is 1. The molecule has 1 heterocycles. The van der Waals surface area contributed by atoms with Crippen LogP contribution in [0.5, 0.6) is 0 Å². The van der Waals surface area contributed by atoms with Gasteiger partial charge in [0.2, 0.25) is 0 Å². The van der Waals surface area contributed by atoms with Crippen molar-refractivity contribution in [2.45, 2.75) is 19.3 Å². The van der Waals surface area contributed by atoms with Gasteiger partial charge in [0.25, 0.3) is 0 Å². The van der Waals surface area contributed by atoms with E-state index < -0.39 is 0 Å². The maximum atomic E-state index is 13.7. The van der Waals surface area contributed by atoms with Crippen molar-refractivity contribution < 1.29 is 4.39 Å². The Morgan fingerprint density at radius 1 is 1.05 bits per heavy atom. The van der Waals surface area contributed by atoms with Crippen LogP contribution in [0.4, 0.5) is 10.1 Å². The number of piperazine rings is 1. The van der Waals surface area contributed by atoms with Gasteiger partial charge in [-0.1, -0.05) is 18.6 Å². The highest BCUT2D eigenvalue weighted by Crippen LogP contribution is 2.20. The van der Waals surface area contributed by atoms with Gasteiger partial charge in [-0.25, -0.2) is 4.39 Å². The standard InChI is InChI=1S/C16H26FN3/c1-18-9-5-2-6-10-19-11-13-20(14-12-19)16-8-4-3-7-15(16)17/h3-4,7-8,18H,2,5-6,9-14H2,1H3. The monoisotopic (exact) mass is 279 g/mol. The van der Waals surface area contributed by atoms with Gasteiger partial charge in [0.05, 0.1) is 5.69 Å². The van der Waals surface area contributed by atoms with Crippen molar-refractivity contribution in [2.24, 2.45) is 0 Å². The van der Waals surface area contributed by atoms with Crippen molar-refractivity contribution in [1.29, 1.82) is 0 Å². The summed E-state index contributed by atoms with van der Waals surface area (Å²) in [6, 6.07) is 7.08. The number of nitrogens with zero attached hydrogens (tertiary/aromatic N) is 2. The number of rotatable bonds is 7. The van der Waals surface area contributed by atoms with Crippen LogP contribution in [-0.4, -0.2) is 51.2 Å². The molecule has 0 aromatic heterocycles. The van der Waals surface area contributed by atoms with E-state index in [2.05, 4.69) is 15.1 Å². The highest BCUT2D eigenvalue weighted by Gasteiger charge is 2.18. The lowest BCUT2D eigenvalue weighted by Crippen LogP contribution is -2.46.